The predicted molar refractivity (Wildman–Crippen MR) is 71.9 cm³/mol. The van der Waals surface area contributed by atoms with Gasteiger partial charge >= 0.3 is 0 Å². The number of carbonyl (C=O) groups excluding carboxylic acids is 1. The number of piperidine rings is 1. The minimum Gasteiger partial charge on any atom is -0.337 e. The molecule has 0 radical (unpaired) electrons. The second-order valence-corrected chi connectivity index (χ2v) is 5.83. The summed E-state index contributed by atoms with van der Waals surface area (Å²) in [5.74, 6) is 0.0665. The van der Waals surface area contributed by atoms with Gasteiger partial charge in [0.1, 0.15) is 0 Å². The van der Waals surface area contributed by atoms with E-state index in [1.165, 1.54) is 12.8 Å². The van der Waals surface area contributed by atoms with Crippen LogP contribution in [0.3, 0.4) is 0 Å². The minimum absolute atomic E-state index is 0.0665. The summed E-state index contributed by atoms with van der Waals surface area (Å²) >= 11 is 6.06. The highest BCUT2D eigenvalue weighted by Gasteiger charge is 2.45. The second-order valence-electron chi connectivity index (χ2n) is 5.42. The molecule has 2 aliphatic heterocycles. The molecule has 1 aromatic rings. The molecule has 3 rings (SSSR count). The van der Waals surface area contributed by atoms with Crippen LogP contribution in [0.15, 0.2) is 24.3 Å². The summed E-state index contributed by atoms with van der Waals surface area (Å²) in [4.78, 5) is 14.2. The average Bonchev–Trinajstić information content (AvgIpc) is 2.37. The van der Waals surface area contributed by atoms with E-state index < -0.39 is 0 Å². The van der Waals surface area contributed by atoms with Gasteiger partial charge in [0.2, 0.25) is 0 Å². The van der Waals surface area contributed by atoms with Crippen molar-refractivity contribution in [3.8, 4) is 0 Å². The zero-order valence-corrected chi connectivity index (χ0v) is 11.0. The Balaban J connectivity index is 1.68. The third kappa shape index (κ3) is 2.02. The normalized spacial score (nSPS) is 21.7. The van der Waals surface area contributed by atoms with Crippen molar-refractivity contribution in [2.45, 2.75) is 12.8 Å². The van der Waals surface area contributed by atoms with Gasteiger partial charge in [-0.3, -0.25) is 4.79 Å². The van der Waals surface area contributed by atoms with E-state index in [1.807, 2.05) is 17.0 Å². The van der Waals surface area contributed by atoms with Crippen LogP contribution in [0.5, 0.6) is 0 Å². The summed E-state index contributed by atoms with van der Waals surface area (Å²) in [7, 11) is 0. The fourth-order valence-electron chi connectivity index (χ4n) is 3.01. The molecule has 0 saturated carbocycles. The first-order valence-corrected chi connectivity index (χ1v) is 6.83. The highest BCUT2D eigenvalue weighted by Crippen LogP contribution is 2.37. The summed E-state index contributed by atoms with van der Waals surface area (Å²) in [5.41, 5.74) is 0.951. The zero-order valence-electron chi connectivity index (χ0n) is 10.3. The molecule has 4 heteroatoms. The van der Waals surface area contributed by atoms with Gasteiger partial charge in [-0.2, -0.15) is 0 Å². The Morgan fingerprint density at radius 1 is 1.33 bits per heavy atom. The van der Waals surface area contributed by atoms with Gasteiger partial charge in [-0.25, -0.2) is 0 Å². The van der Waals surface area contributed by atoms with E-state index in [0.717, 1.165) is 26.2 Å². The number of rotatable bonds is 1. The Morgan fingerprint density at radius 2 is 2.11 bits per heavy atom. The average molecular weight is 265 g/mol. The third-order valence-electron chi connectivity index (χ3n) is 4.00. The molecule has 96 valence electrons. The Hall–Kier alpha value is -1.06. The number of halogens is 1. The lowest BCUT2D eigenvalue weighted by Gasteiger charge is -2.52. The van der Waals surface area contributed by atoms with Crippen LogP contribution in [-0.2, 0) is 0 Å². The van der Waals surface area contributed by atoms with Crippen LogP contribution in [0.4, 0.5) is 0 Å². The van der Waals surface area contributed by atoms with Crippen molar-refractivity contribution >= 4 is 17.5 Å². The van der Waals surface area contributed by atoms with Crippen molar-refractivity contribution in [2.24, 2.45) is 5.41 Å². The van der Waals surface area contributed by atoms with Crippen molar-refractivity contribution < 1.29 is 4.79 Å². The quantitative estimate of drug-likeness (QED) is 0.843. The zero-order chi connectivity index (χ0) is 12.6. The van der Waals surface area contributed by atoms with Gasteiger partial charge in [0.05, 0.1) is 10.6 Å². The number of nitrogens with zero attached hydrogens (tertiary/aromatic N) is 1. The van der Waals surface area contributed by atoms with Gasteiger partial charge < -0.3 is 10.2 Å². The van der Waals surface area contributed by atoms with E-state index in [1.54, 1.807) is 12.1 Å². The minimum atomic E-state index is 0.0665. The van der Waals surface area contributed by atoms with Crippen LogP contribution in [0, 0.1) is 5.41 Å². The van der Waals surface area contributed by atoms with Crippen LogP contribution in [0.2, 0.25) is 5.02 Å². The highest BCUT2D eigenvalue weighted by molar-refractivity contribution is 6.33. The van der Waals surface area contributed by atoms with Crippen LogP contribution < -0.4 is 5.32 Å². The molecule has 2 heterocycles. The van der Waals surface area contributed by atoms with Crippen molar-refractivity contribution in [1.29, 1.82) is 0 Å². The fourth-order valence-corrected chi connectivity index (χ4v) is 3.23. The summed E-state index contributed by atoms with van der Waals surface area (Å²) in [6.07, 6.45) is 2.44. The van der Waals surface area contributed by atoms with Crippen LogP contribution in [0.1, 0.15) is 23.2 Å². The molecule has 1 amide bonds. The molecule has 1 spiro atoms. The first-order valence-electron chi connectivity index (χ1n) is 6.45. The smallest absolute Gasteiger partial charge is 0.255 e. The molecule has 0 aliphatic carbocycles. The summed E-state index contributed by atoms with van der Waals surface area (Å²) in [5, 5.41) is 3.97. The number of carbonyl (C=O) groups is 1. The maximum absolute atomic E-state index is 12.3. The number of amides is 1. The van der Waals surface area contributed by atoms with Gasteiger partial charge in [-0.1, -0.05) is 23.7 Å². The topological polar surface area (TPSA) is 32.3 Å². The number of benzene rings is 1. The third-order valence-corrected chi connectivity index (χ3v) is 4.33. The summed E-state index contributed by atoms with van der Waals surface area (Å²) < 4.78 is 0. The fraction of sp³-hybridized carbons (Fsp3) is 0.500. The molecular weight excluding hydrogens is 248 g/mol. The van der Waals surface area contributed by atoms with Crippen LogP contribution in [0.25, 0.3) is 0 Å². The first-order chi connectivity index (χ1) is 8.70. The van der Waals surface area contributed by atoms with Crippen LogP contribution >= 0.6 is 11.6 Å². The number of likely N-dealkylation sites (tertiary alicyclic amines) is 1. The van der Waals surface area contributed by atoms with Crippen LogP contribution in [-0.4, -0.2) is 37.0 Å². The summed E-state index contributed by atoms with van der Waals surface area (Å²) in [6.45, 7) is 3.88. The molecule has 1 aromatic carbocycles. The van der Waals surface area contributed by atoms with Crippen molar-refractivity contribution in [2.75, 3.05) is 26.2 Å². The molecule has 2 fully saturated rings. The van der Waals surface area contributed by atoms with Gasteiger partial charge in [0, 0.05) is 25.0 Å². The second kappa shape index (κ2) is 4.56. The number of hydrogen-bond acceptors (Lipinski definition) is 2. The monoisotopic (exact) mass is 264 g/mol. The van der Waals surface area contributed by atoms with Gasteiger partial charge in [-0.15, -0.1) is 0 Å². The largest absolute Gasteiger partial charge is 0.337 e. The lowest BCUT2D eigenvalue weighted by Crippen LogP contribution is -2.63. The van der Waals surface area contributed by atoms with Crippen molar-refractivity contribution in [3.05, 3.63) is 34.9 Å². The van der Waals surface area contributed by atoms with E-state index in [0.29, 0.717) is 16.0 Å². The highest BCUT2D eigenvalue weighted by atomic mass is 35.5. The molecule has 2 saturated heterocycles. The molecular formula is C14H17ClN2O. The van der Waals surface area contributed by atoms with E-state index in [-0.39, 0.29) is 5.91 Å². The molecule has 2 aliphatic rings. The molecule has 0 atom stereocenters. The lowest BCUT2D eigenvalue weighted by atomic mass is 9.74. The maximum atomic E-state index is 12.3. The standard InChI is InChI=1S/C14H17ClN2O/c15-12-5-2-1-4-11(12)13(18)17-9-14(10-17)6-3-7-16-8-14/h1-2,4-5,16H,3,6-10H2. The maximum Gasteiger partial charge on any atom is 0.255 e. The Kier molecular flexibility index (Phi) is 3.04. The Morgan fingerprint density at radius 3 is 2.78 bits per heavy atom. The van der Waals surface area contributed by atoms with Crippen molar-refractivity contribution in [3.63, 3.8) is 0 Å². The lowest BCUT2D eigenvalue weighted by molar-refractivity contribution is -0.00721. The molecule has 0 unspecified atom stereocenters. The van der Waals surface area contributed by atoms with Gasteiger partial charge in [0.25, 0.3) is 5.91 Å². The number of hydrogen-bond donors (Lipinski definition) is 1. The van der Waals surface area contributed by atoms with Gasteiger partial charge in [0.15, 0.2) is 0 Å². The first kappa shape index (κ1) is 12.0. The molecule has 1 N–H and O–H groups in total. The SMILES string of the molecule is O=C(c1ccccc1Cl)N1CC2(CCCNC2)C1. The predicted octanol–water partition coefficient (Wildman–Crippen LogP) is 2.17. The molecule has 3 nitrogen and oxygen atoms in total. The van der Waals surface area contributed by atoms with Crippen molar-refractivity contribution in [1.82, 2.24) is 10.2 Å². The molecule has 18 heavy (non-hydrogen) atoms. The Bertz CT molecular complexity index is 461. The van der Waals surface area contributed by atoms with E-state index >= 15 is 0 Å². The van der Waals surface area contributed by atoms with E-state index in [9.17, 15) is 4.79 Å². The van der Waals surface area contributed by atoms with Gasteiger partial charge in [-0.05, 0) is 31.5 Å². The van der Waals surface area contributed by atoms with E-state index in [2.05, 4.69) is 5.32 Å². The van der Waals surface area contributed by atoms with E-state index in [4.69, 9.17) is 11.6 Å². The summed E-state index contributed by atoms with van der Waals surface area (Å²) in [6, 6.07) is 7.28. The Labute approximate surface area is 112 Å². The number of nitrogens with one attached hydrogen (secondary N) is 1. The molecule has 0 bridgehead atoms. The molecule has 0 aromatic heterocycles.